The molecule has 1 aromatic carbocycles. The molecule has 0 aliphatic heterocycles. The predicted molar refractivity (Wildman–Crippen MR) is 119 cm³/mol. The number of aromatic nitrogens is 4. The number of anilines is 1. The second-order valence-corrected chi connectivity index (χ2v) is 8.22. The molecule has 0 amide bonds. The summed E-state index contributed by atoms with van der Waals surface area (Å²) in [5.41, 5.74) is 0.407. The molecule has 0 atom stereocenters. The molecule has 9 nitrogen and oxygen atoms in total. The van der Waals surface area contributed by atoms with Crippen LogP contribution in [0.1, 0.15) is 38.2 Å². The highest BCUT2D eigenvalue weighted by molar-refractivity contribution is 6.32. The first-order chi connectivity index (χ1) is 14.9. The molecule has 0 saturated heterocycles. The van der Waals surface area contributed by atoms with Crippen molar-refractivity contribution in [2.45, 2.75) is 58.3 Å². The highest BCUT2D eigenvalue weighted by atomic mass is 35.5. The number of aliphatic hydroxyl groups excluding tert-OH is 1. The molecular weight excluding hydrogens is 422 g/mol. The maximum atomic E-state index is 13.3. The van der Waals surface area contributed by atoms with Gasteiger partial charge in [-0.05, 0) is 37.5 Å². The van der Waals surface area contributed by atoms with E-state index in [0.717, 1.165) is 35.8 Å². The van der Waals surface area contributed by atoms with Crippen LogP contribution in [0.5, 0.6) is 5.75 Å². The number of hydrogen-bond acceptors (Lipinski definition) is 6. The van der Waals surface area contributed by atoms with Gasteiger partial charge in [0.15, 0.2) is 11.2 Å². The van der Waals surface area contributed by atoms with E-state index in [9.17, 15) is 19.8 Å². The largest absolute Gasteiger partial charge is 0.506 e. The van der Waals surface area contributed by atoms with Crippen molar-refractivity contribution in [3.05, 3.63) is 49.6 Å². The highest BCUT2D eigenvalue weighted by Gasteiger charge is 2.24. The van der Waals surface area contributed by atoms with E-state index in [4.69, 9.17) is 11.6 Å². The molecule has 0 radical (unpaired) electrons. The van der Waals surface area contributed by atoms with Crippen molar-refractivity contribution >= 4 is 28.7 Å². The van der Waals surface area contributed by atoms with Crippen LogP contribution in [-0.4, -0.2) is 41.5 Å². The first kappa shape index (κ1) is 21.5. The van der Waals surface area contributed by atoms with Gasteiger partial charge in [-0.2, -0.15) is 4.98 Å². The van der Waals surface area contributed by atoms with Gasteiger partial charge in [-0.25, -0.2) is 4.79 Å². The average molecular weight is 448 g/mol. The summed E-state index contributed by atoms with van der Waals surface area (Å²) in [6, 6.07) is 5.12. The van der Waals surface area contributed by atoms with Crippen LogP contribution in [0.25, 0.3) is 11.2 Å². The van der Waals surface area contributed by atoms with Gasteiger partial charge in [0.05, 0.1) is 24.7 Å². The van der Waals surface area contributed by atoms with E-state index in [0.29, 0.717) is 11.5 Å². The summed E-state index contributed by atoms with van der Waals surface area (Å²) in [7, 11) is 0. The van der Waals surface area contributed by atoms with Crippen LogP contribution in [0.15, 0.2) is 27.8 Å². The molecule has 0 bridgehead atoms. The van der Waals surface area contributed by atoms with Gasteiger partial charge in [-0.3, -0.25) is 18.5 Å². The van der Waals surface area contributed by atoms with Crippen LogP contribution in [0.2, 0.25) is 5.02 Å². The number of rotatable bonds is 7. The zero-order valence-electron chi connectivity index (χ0n) is 17.3. The van der Waals surface area contributed by atoms with Gasteiger partial charge in [-0.1, -0.05) is 30.5 Å². The summed E-state index contributed by atoms with van der Waals surface area (Å²) in [5, 5.41) is 22.9. The molecule has 2 aromatic heterocycles. The third kappa shape index (κ3) is 3.95. The smallest absolute Gasteiger partial charge is 0.332 e. The number of phenols is 1. The van der Waals surface area contributed by atoms with Crippen LogP contribution in [0.3, 0.4) is 0 Å². The lowest BCUT2D eigenvalue weighted by atomic mass is 10.2. The SMILES string of the molecule is CCn1c(=O)c2c(nc(NC3CCCC3)n2Cc2ccc(O)c(Cl)c2)n(CCO)c1=O. The Bertz CT molecular complexity index is 1220. The van der Waals surface area contributed by atoms with Crippen molar-refractivity contribution in [2.75, 3.05) is 11.9 Å². The molecule has 2 heterocycles. The van der Waals surface area contributed by atoms with E-state index in [1.807, 2.05) is 0 Å². The highest BCUT2D eigenvalue weighted by Crippen LogP contribution is 2.27. The Morgan fingerprint density at radius 3 is 2.58 bits per heavy atom. The third-order valence-electron chi connectivity index (χ3n) is 5.80. The van der Waals surface area contributed by atoms with Crippen LogP contribution < -0.4 is 16.6 Å². The number of hydrogen-bond donors (Lipinski definition) is 3. The lowest BCUT2D eigenvalue weighted by molar-refractivity contribution is 0.274. The van der Waals surface area contributed by atoms with Gasteiger partial charge in [-0.15, -0.1) is 0 Å². The van der Waals surface area contributed by atoms with Gasteiger partial charge in [0.2, 0.25) is 5.95 Å². The molecule has 3 N–H and O–H groups in total. The van der Waals surface area contributed by atoms with Crippen molar-refractivity contribution in [3.8, 4) is 5.75 Å². The molecular formula is C21H26ClN5O4. The Labute approximate surface area is 183 Å². The Kier molecular flexibility index (Phi) is 6.06. The zero-order chi connectivity index (χ0) is 22.1. The summed E-state index contributed by atoms with van der Waals surface area (Å²) in [5.74, 6) is 0.485. The average Bonchev–Trinajstić information content (AvgIpc) is 3.37. The van der Waals surface area contributed by atoms with E-state index in [1.165, 1.54) is 10.6 Å². The fraction of sp³-hybridized carbons (Fsp3) is 0.476. The van der Waals surface area contributed by atoms with E-state index >= 15 is 0 Å². The number of aromatic hydroxyl groups is 1. The number of aliphatic hydroxyl groups is 1. The van der Waals surface area contributed by atoms with Gasteiger partial charge in [0.1, 0.15) is 5.75 Å². The number of halogens is 1. The molecule has 31 heavy (non-hydrogen) atoms. The monoisotopic (exact) mass is 447 g/mol. The minimum atomic E-state index is -0.487. The Morgan fingerprint density at radius 1 is 1.19 bits per heavy atom. The standard InChI is InChI=1S/C21H26ClN5O4/c1-2-25-19(30)17-18(26(9-10-28)21(25)31)24-20(23-14-5-3-4-6-14)27(17)12-13-7-8-16(29)15(22)11-13/h7-8,11,14,28-29H,2-6,9-10,12H2,1H3,(H,23,24). The van der Waals surface area contributed by atoms with E-state index in [2.05, 4.69) is 10.3 Å². The lowest BCUT2D eigenvalue weighted by Crippen LogP contribution is -2.40. The summed E-state index contributed by atoms with van der Waals surface area (Å²) in [6.07, 6.45) is 4.28. The van der Waals surface area contributed by atoms with Crippen LogP contribution in [-0.2, 0) is 19.6 Å². The molecule has 10 heteroatoms. The molecule has 1 fully saturated rings. The van der Waals surface area contributed by atoms with E-state index < -0.39 is 11.2 Å². The Hall–Kier alpha value is -2.78. The normalized spacial score (nSPS) is 14.5. The van der Waals surface area contributed by atoms with Gasteiger partial charge >= 0.3 is 5.69 Å². The number of nitrogens with one attached hydrogen (secondary N) is 1. The number of benzene rings is 1. The summed E-state index contributed by atoms with van der Waals surface area (Å²) < 4.78 is 4.26. The molecule has 1 saturated carbocycles. The predicted octanol–water partition coefficient (Wildman–Crippen LogP) is 2.13. The molecule has 1 aliphatic carbocycles. The van der Waals surface area contributed by atoms with Crippen LogP contribution in [0.4, 0.5) is 5.95 Å². The molecule has 4 rings (SSSR count). The van der Waals surface area contributed by atoms with E-state index in [-0.39, 0.29) is 48.7 Å². The first-order valence-corrected chi connectivity index (χ1v) is 10.9. The summed E-state index contributed by atoms with van der Waals surface area (Å²) in [6.45, 7) is 2.02. The number of nitrogens with zero attached hydrogens (tertiary/aromatic N) is 4. The number of phenolic OH excluding ortho intramolecular Hbond substituents is 1. The molecule has 3 aromatic rings. The lowest BCUT2D eigenvalue weighted by Gasteiger charge is -2.15. The topological polar surface area (TPSA) is 114 Å². The minimum Gasteiger partial charge on any atom is -0.506 e. The van der Waals surface area contributed by atoms with Crippen molar-refractivity contribution in [1.82, 2.24) is 18.7 Å². The van der Waals surface area contributed by atoms with Gasteiger partial charge < -0.3 is 15.5 Å². The molecule has 166 valence electrons. The van der Waals surface area contributed by atoms with Crippen LogP contribution >= 0.6 is 11.6 Å². The second kappa shape index (κ2) is 8.76. The van der Waals surface area contributed by atoms with Gasteiger partial charge in [0.25, 0.3) is 5.56 Å². The van der Waals surface area contributed by atoms with Crippen molar-refractivity contribution in [1.29, 1.82) is 0 Å². The van der Waals surface area contributed by atoms with Crippen molar-refractivity contribution < 1.29 is 10.2 Å². The third-order valence-corrected chi connectivity index (χ3v) is 6.10. The molecule has 1 aliphatic rings. The van der Waals surface area contributed by atoms with Gasteiger partial charge in [0, 0.05) is 12.6 Å². The fourth-order valence-electron chi connectivity index (χ4n) is 4.22. The second-order valence-electron chi connectivity index (χ2n) is 7.81. The Balaban J connectivity index is 1.94. The van der Waals surface area contributed by atoms with Crippen molar-refractivity contribution in [3.63, 3.8) is 0 Å². The number of fused-ring (bicyclic) bond motifs is 1. The fourth-order valence-corrected chi connectivity index (χ4v) is 4.42. The summed E-state index contributed by atoms with van der Waals surface area (Å²) >= 11 is 6.09. The Morgan fingerprint density at radius 2 is 1.94 bits per heavy atom. The molecule has 0 unspecified atom stereocenters. The number of imidazole rings is 1. The zero-order valence-corrected chi connectivity index (χ0v) is 18.1. The van der Waals surface area contributed by atoms with E-state index in [1.54, 1.807) is 23.6 Å². The quantitative estimate of drug-likeness (QED) is 0.511. The first-order valence-electron chi connectivity index (χ1n) is 10.5. The maximum Gasteiger partial charge on any atom is 0.332 e. The maximum absolute atomic E-state index is 13.3. The molecule has 0 spiro atoms. The summed E-state index contributed by atoms with van der Waals surface area (Å²) in [4.78, 5) is 30.7. The van der Waals surface area contributed by atoms with Crippen molar-refractivity contribution in [2.24, 2.45) is 0 Å². The minimum absolute atomic E-state index is 0.0182. The van der Waals surface area contributed by atoms with Crippen LogP contribution in [0, 0.1) is 0 Å².